The van der Waals surface area contributed by atoms with Gasteiger partial charge >= 0.3 is 0 Å². The van der Waals surface area contributed by atoms with Gasteiger partial charge < -0.3 is 14.3 Å². The standard InChI is InChI=1S/C36H60O3/c1-24(37)12-14-28-33(7)20-11-19-31(3,4)26(33)16-22-36(28,10)39-30-18-21-34(8)27(32(30,5)6)17-23-35(9)29(34)15-13-25(2)38-35/h13,26-30H,11-12,14-23H2,1-10H3. The summed E-state index contributed by atoms with van der Waals surface area (Å²) >= 11 is 0. The number of carbonyl (C=O) groups excluding carboxylic acids is 1. The Morgan fingerprint density at radius 2 is 1.56 bits per heavy atom. The zero-order valence-corrected chi connectivity index (χ0v) is 27.2. The lowest BCUT2D eigenvalue weighted by molar-refractivity contribution is -0.264. The molecule has 222 valence electrons. The van der Waals surface area contributed by atoms with Crippen molar-refractivity contribution in [1.29, 1.82) is 0 Å². The fourth-order valence-corrected chi connectivity index (χ4v) is 12.1. The van der Waals surface area contributed by atoms with E-state index in [0.29, 0.717) is 41.3 Å². The van der Waals surface area contributed by atoms with Crippen molar-refractivity contribution >= 4 is 5.78 Å². The summed E-state index contributed by atoms with van der Waals surface area (Å²) in [6.45, 7) is 24.0. The van der Waals surface area contributed by atoms with Crippen LogP contribution in [-0.4, -0.2) is 23.1 Å². The van der Waals surface area contributed by atoms with E-state index >= 15 is 0 Å². The van der Waals surface area contributed by atoms with Crippen LogP contribution in [-0.2, 0) is 14.3 Å². The van der Waals surface area contributed by atoms with Gasteiger partial charge in [-0.2, -0.15) is 0 Å². The summed E-state index contributed by atoms with van der Waals surface area (Å²) in [6, 6.07) is 0. The lowest BCUT2D eigenvalue weighted by Crippen LogP contribution is -2.64. The minimum atomic E-state index is -0.166. The van der Waals surface area contributed by atoms with Gasteiger partial charge in [-0.3, -0.25) is 0 Å². The lowest BCUT2D eigenvalue weighted by atomic mass is 9.43. The van der Waals surface area contributed by atoms with E-state index in [1.54, 1.807) is 6.92 Å². The third-order valence-corrected chi connectivity index (χ3v) is 13.9. The van der Waals surface area contributed by atoms with Gasteiger partial charge in [0, 0.05) is 12.3 Å². The average molecular weight is 541 g/mol. The maximum absolute atomic E-state index is 12.3. The second-order valence-corrected chi connectivity index (χ2v) is 17.1. The fourth-order valence-electron chi connectivity index (χ4n) is 12.1. The van der Waals surface area contributed by atoms with Crippen LogP contribution >= 0.6 is 0 Å². The van der Waals surface area contributed by atoms with Crippen molar-refractivity contribution in [2.75, 3.05) is 0 Å². The van der Waals surface area contributed by atoms with Gasteiger partial charge in [0.25, 0.3) is 0 Å². The molecule has 0 aromatic carbocycles. The molecule has 3 heteroatoms. The molecular weight excluding hydrogens is 480 g/mol. The lowest BCUT2D eigenvalue weighted by Gasteiger charge is -2.66. The highest BCUT2D eigenvalue weighted by Crippen LogP contribution is 2.67. The predicted molar refractivity (Wildman–Crippen MR) is 160 cm³/mol. The molecule has 1 heterocycles. The first-order valence-electron chi connectivity index (χ1n) is 16.5. The van der Waals surface area contributed by atoms with Gasteiger partial charge in [-0.05, 0) is 137 Å². The molecule has 4 saturated carbocycles. The van der Waals surface area contributed by atoms with Crippen molar-refractivity contribution in [2.45, 2.75) is 164 Å². The van der Waals surface area contributed by atoms with E-state index in [9.17, 15) is 4.79 Å². The van der Waals surface area contributed by atoms with Gasteiger partial charge in [0.2, 0.25) is 0 Å². The van der Waals surface area contributed by atoms with Gasteiger partial charge in [-0.15, -0.1) is 0 Å². The topological polar surface area (TPSA) is 35.5 Å². The summed E-state index contributed by atoms with van der Waals surface area (Å²) < 4.78 is 14.1. The second-order valence-electron chi connectivity index (χ2n) is 17.1. The van der Waals surface area contributed by atoms with E-state index in [1.807, 2.05) is 0 Å². The van der Waals surface area contributed by atoms with Crippen LogP contribution in [0.5, 0.6) is 0 Å². The third kappa shape index (κ3) is 4.67. The van der Waals surface area contributed by atoms with Crippen molar-refractivity contribution in [3.8, 4) is 0 Å². The van der Waals surface area contributed by atoms with Crippen LogP contribution in [0.25, 0.3) is 0 Å². The minimum Gasteiger partial charge on any atom is -0.492 e. The number of allylic oxidation sites excluding steroid dienone is 2. The Labute approximate surface area is 240 Å². The Kier molecular flexibility index (Phi) is 7.30. The first kappa shape index (κ1) is 29.7. The average Bonchev–Trinajstić information content (AvgIpc) is 2.79. The summed E-state index contributed by atoms with van der Waals surface area (Å²) in [4.78, 5) is 12.3. The first-order valence-corrected chi connectivity index (χ1v) is 16.5. The molecule has 0 spiro atoms. The molecule has 1 aliphatic heterocycles. The van der Waals surface area contributed by atoms with Gasteiger partial charge in [0.15, 0.2) is 0 Å². The quantitative estimate of drug-likeness (QED) is 0.348. The molecular formula is C36H60O3. The Balaban J connectivity index is 1.43. The van der Waals surface area contributed by atoms with Crippen LogP contribution in [0.3, 0.4) is 0 Å². The van der Waals surface area contributed by atoms with Crippen molar-refractivity contribution in [3.05, 3.63) is 11.8 Å². The summed E-state index contributed by atoms with van der Waals surface area (Å²) in [6.07, 6.45) is 16.5. The maximum Gasteiger partial charge on any atom is 0.129 e. The van der Waals surface area contributed by atoms with Crippen LogP contribution < -0.4 is 0 Å². The molecule has 3 nitrogen and oxygen atoms in total. The van der Waals surface area contributed by atoms with Gasteiger partial charge in [-0.1, -0.05) is 48.0 Å². The number of ketones is 1. The smallest absolute Gasteiger partial charge is 0.129 e. The molecule has 39 heavy (non-hydrogen) atoms. The monoisotopic (exact) mass is 540 g/mol. The third-order valence-electron chi connectivity index (χ3n) is 13.9. The summed E-state index contributed by atoms with van der Waals surface area (Å²) in [5.74, 6) is 3.81. The molecule has 4 fully saturated rings. The maximum atomic E-state index is 12.3. The van der Waals surface area contributed by atoms with E-state index in [1.165, 1.54) is 38.5 Å². The molecule has 0 N–H and O–H groups in total. The first-order chi connectivity index (χ1) is 18.0. The number of Topliss-reactive ketones (excluding diaryl/α,β-unsaturated/α-hetero) is 1. The van der Waals surface area contributed by atoms with Crippen LogP contribution in [0.2, 0.25) is 0 Å². The fraction of sp³-hybridized carbons (Fsp3) is 0.917. The molecule has 9 atom stereocenters. The Bertz CT molecular complexity index is 993. The second kappa shape index (κ2) is 9.60. The summed E-state index contributed by atoms with van der Waals surface area (Å²) in [7, 11) is 0. The van der Waals surface area contributed by atoms with Crippen LogP contribution in [0.1, 0.15) is 146 Å². The van der Waals surface area contributed by atoms with Crippen molar-refractivity contribution in [3.63, 3.8) is 0 Å². The van der Waals surface area contributed by atoms with E-state index in [0.717, 1.165) is 37.9 Å². The number of hydrogen-bond donors (Lipinski definition) is 0. The number of rotatable bonds is 5. The Morgan fingerprint density at radius 3 is 2.26 bits per heavy atom. The molecule has 0 bridgehead atoms. The van der Waals surface area contributed by atoms with Crippen LogP contribution in [0, 0.1) is 45.3 Å². The molecule has 5 rings (SSSR count). The number of fused-ring (bicyclic) bond motifs is 4. The molecule has 0 radical (unpaired) electrons. The zero-order chi connectivity index (χ0) is 28.6. The van der Waals surface area contributed by atoms with Crippen molar-refractivity contribution < 1.29 is 14.3 Å². The van der Waals surface area contributed by atoms with Gasteiger partial charge in [0.1, 0.15) is 11.4 Å². The van der Waals surface area contributed by atoms with E-state index < -0.39 is 0 Å². The molecule has 0 aromatic heterocycles. The van der Waals surface area contributed by atoms with E-state index in [-0.39, 0.29) is 33.6 Å². The van der Waals surface area contributed by atoms with Crippen LogP contribution in [0.4, 0.5) is 0 Å². The Hall–Kier alpha value is -0.830. The molecule has 4 aliphatic carbocycles. The van der Waals surface area contributed by atoms with E-state index in [4.69, 9.17) is 9.47 Å². The highest BCUT2D eigenvalue weighted by atomic mass is 16.5. The molecule has 0 amide bonds. The highest BCUT2D eigenvalue weighted by molar-refractivity contribution is 5.75. The number of hydrogen-bond acceptors (Lipinski definition) is 3. The molecule has 0 aromatic rings. The molecule has 5 aliphatic rings. The summed E-state index contributed by atoms with van der Waals surface area (Å²) in [5.41, 5.74) is 0.813. The molecule has 0 saturated heterocycles. The minimum absolute atomic E-state index is 0.0294. The van der Waals surface area contributed by atoms with Gasteiger partial charge in [-0.25, -0.2) is 0 Å². The van der Waals surface area contributed by atoms with Crippen molar-refractivity contribution in [1.82, 2.24) is 0 Å². The number of carbonyl (C=O) groups is 1. The SMILES string of the molecule is CC(=O)CCC1C(C)(OC2CCC3(C)C4CC=C(C)OC4(C)CCC3C2(C)C)CCC2C(C)(C)CCCC21C. The predicted octanol–water partition coefficient (Wildman–Crippen LogP) is 9.68. The molecule has 9 unspecified atom stereocenters. The number of ether oxygens (including phenoxy) is 2. The van der Waals surface area contributed by atoms with Crippen molar-refractivity contribution in [2.24, 2.45) is 45.3 Å². The summed E-state index contributed by atoms with van der Waals surface area (Å²) in [5, 5.41) is 0. The normalized spacial score (nSPS) is 48.6. The van der Waals surface area contributed by atoms with E-state index in [2.05, 4.69) is 68.4 Å². The highest BCUT2D eigenvalue weighted by Gasteiger charge is 2.64. The van der Waals surface area contributed by atoms with Crippen LogP contribution in [0.15, 0.2) is 11.8 Å². The largest absolute Gasteiger partial charge is 0.492 e. The zero-order valence-electron chi connectivity index (χ0n) is 27.2. The Morgan fingerprint density at radius 1 is 0.872 bits per heavy atom. The van der Waals surface area contributed by atoms with Gasteiger partial charge in [0.05, 0.1) is 17.5 Å².